The number of hydrogen-bond donors (Lipinski definition) is 1. The minimum atomic E-state index is -0.179. The molecule has 1 heterocycles. The number of aromatic nitrogens is 2. The highest BCUT2D eigenvalue weighted by Gasteiger charge is 2.41. The molecular weight excluding hydrogens is 274 g/mol. The van der Waals surface area contributed by atoms with Crippen LogP contribution in [0.25, 0.3) is 0 Å². The Bertz CT molecular complexity index is 425. The summed E-state index contributed by atoms with van der Waals surface area (Å²) in [5.41, 5.74) is 0.877. The summed E-state index contributed by atoms with van der Waals surface area (Å²) < 4.78 is 8.01. The number of nitrogens with zero attached hydrogens (tertiary/aromatic N) is 2. The van der Waals surface area contributed by atoms with Crippen LogP contribution in [0.2, 0.25) is 5.02 Å². The normalized spacial score (nSPS) is 20.6. The third kappa shape index (κ3) is 2.87. The molecule has 1 aromatic rings. The predicted molar refractivity (Wildman–Crippen MR) is 82.2 cm³/mol. The molecule has 1 N–H and O–H groups in total. The predicted octanol–water partition coefficient (Wildman–Crippen LogP) is 3.56. The number of ether oxygens (including phenoxy) is 1. The second kappa shape index (κ2) is 6.92. The summed E-state index contributed by atoms with van der Waals surface area (Å²) in [5, 5.41) is 8.54. The molecule has 1 unspecified atom stereocenters. The smallest absolute Gasteiger partial charge is 0.0888 e. The monoisotopic (exact) mass is 299 g/mol. The van der Waals surface area contributed by atoms with Crippen molar-refractivity contribution in [3.05, 3.63) is 16.9 Å². The van der Waals surface area contributed by atoms with Crippen LogP contribution in [0.5, 0.6) is 0 Å². The Morgan fingerprint density at radius 2 is 2.05 bits per heavy atom. The van der Waals surface area contributed by atoms with Crippen molar-refractivity contribution in [2.75, 3.05) is 14.2 Å². The molecular formula is C15H26ClN3O. The van der Waals surface area contributed by atoms with Crippen LogP contribution < -0.4 is 5.32 Å². The summed E-state index contributed by atoms with van der Waals surface area (Å²) in [6.45, 7) is 2.91. The fourth-order valence-electron chi connectivity index (χ4n) is 3.50. The van der Waals surface area contributed by atoms with Gasteiger partial charge in [0.1, 0.15) is 0 Å². The standard InChI is InChI=1S/C15H26ClN3O/c1-4-19-13(12(16)11-18-19)14(17-2)15(20-3)9-7-5-6-8-10-15/h11,14,17H,4-10H2,1-3H3. The van der Waals surface area contributed by atoms with Crippen LogP contribution in [0.15, 0.2) is 6.20 Å². The summed E-state index contributed by atoms with van der Waals surface area (Å²) in [6, 6.07) is 0.0838. The first-order valence-corrected chi connectivity index (χ1v) is 8.00. The van der Waals surface area contributed by atoms with Gasteiger partial charge in [0, 0.05) is 13.7 Å². The third-order valence-corrected chi connectivity index (χ3v) is 4.87. The van der Waals surface area contributed by atoms with E-state index in [4.69, 9.17) is 16.3 Å². The van der Waals surface area contributed by atoms with Gasteiger partial charge in [-0.1, -0.05) is 37.3 Å². The average molecular weight is 300 g/mol. The van der Waals surface area contributed by atoms with Crippen molar-refractivity contribution in [1.29, 1.82) is 0 Å². The summed E-state index contributed by atoms with van der Waals surface area (Å²) in [5.74, 6) is 0. The van der Waals surface area contributed by atoms with Gasteiger partial charge in [-0.15, -0.1) is 0 Å². The molecule has 0 bridgehead atoms. The van der Waals surface area contributed by atoms with Crippen molar-refractivity contribution in [3.63, 3.8) is 0 Å². The molecule has 1 fully saturated rings. The lowest BCUT2D eigenvalue weighted by Crippen LogP contribution is -2.45. The van der Waals surface area contributed by atoms with Crippen molar-refractivity contribution in [1.82, 2.24) is 15.1 Å². The van der Waals surface area contributed by atoms with Crippen LogP contribution in [0, 0.1) is 0 Å². The summed E-state index contributed by atoms with van der Waals surface area (Å²) >= 11 is 6.40. The Morgan fingerprint density at radius 1 is 1.40 bits per heavy atom. The van der Waals surface area contributed by atoms with E-state index in [-0.39, 0.29) is 11.6 Å². The highest BCUT2D eigenvalue weighted by atomic mass is 35.5. The highest BCUT2D eigenvalue weighted by molar-refractivity contribution is 6.31. The van der Waals surface area contributed by atoms with Gasteiger partial charge >= 0.3 is 0 Å². The van der Waals surface area contributed by atoms with Crippen molar-refractivity contribution in [2.24, 2.45) is 0 Å². The Hall–Kier alpha value is -0.580. The number of likely N-dealkylation sites (N-methyl/N-ethyl adjacent to an activating group) is 1. The lowest BCUT2D eigenvalue weighted by Gasteiger charge is -2.39. The molecule has 114 valence electrons. The molecule has 1 atom stereocenters. The summed E-state index contributed by atoms with van der Waals surface area (Å²) in [7, 11) is 3.82. The van der Waals surface area contributed by atoms with Gasteiger partial charge in [-0.3, -0.25) is 4.68 Å². The number of halogens is 1. The second-order valence-corrected chi connectivity index (χ2v) is 6.01. The fourth-order valence-corrected chi connectivity index (χ4v) is 3.75. The van der Waals surface area contributed by atoms with Crippen molar-refractivity contribution >= 4 is 11.6 Å². The van der Waals surface area contributed by atoms with Gasteiger partial charge < -0.3 is 10.1 Å². The molecule has 0 aromatic carbocycles. The van der Waals surface area contributed by atoms with Crippen LogP contribution in [-0.4, -0.2) is 29.5 Å². The molecule has 5 heteroatoms. The van der Waals surface area contributed by atoms with Crippen LogP contribution >= 0.6 is 11.6 Å². The molecule has 1 aromatic heterocycles. The first-order chi connectivity index (χ1) is 9.68. The van der Waals surface area contributed by atoms with E-state index < -0.39 is 0 Å². The fraction of sp³-hybridized carbons (Fsp3) is 0.800. The van der Waals surface area contributed by atoms with E-state index in [1.54, 1.807) is 6.20 Å². The van der Waals surface area contributed by atoms with Crippen LogP contribution in [0.4, 0.5) is 0 Å². The number of hydrogen-bond acceptors (Lipinski definition) is 3. The minimum absolute atomic E-state index is 0.0838. The van der Waals surface area contributed by atoms with Crippen molar-refractivity contribution < 1.29 is 4.74 Å². The van der Waals surface area contributed by atoms with E-state index in [1.807, 2.05) is 18.8 Å². The zero-order valence-corrected chi connectivity index (χ0v) is 13.5. The quantitative estimate of drug-likeness (QED) is 0.845. The lowest BCUT2D eigenvalue weighted by atomic mass is 9.84. The molecule has 2 rings (SSSR count). The Morgan fingerprint density at radius 3 is 2.55 bits per heavy atom. The highest BCUT2D eigenvalue weighted by Crippen LogP contribution is 2.41. The minimum Gasteiger partial charge on any atom is -0.376 e. The zero-order chi connectivity index (χ0) is 14.6. The van der Waals surface area contributed by atoms with E-state index in [1.165, 1.54) is 25.7 Å². The van der Waals surface area contributed by atoms with Gasteiger partial charge in [0.25, 0.3) is 0 Å². The van der Waals surface area contributed by atoms with Crippen molar-refractivity contribution in [3.8, 4) is 0 Å². The molecule has 1 aliphatic carbocycles. The van der Waals surface area contributed by atoms with Gasteiger partial charge in [-0.2, -0.15) is 5.10 Å². The Kier molecular flexibility index (Phi) is 5.47. The maximum atomic E-state index is 6.40. The Balaban J connectivity index is 2.40. The molecule has 1 aliphatic rings. The van der Waals surface area contributed by atoms with Gasteiger partial charge in [0.2, 0.25) is 0 Å². The number of nitrogens with one attached hydrogen (secondary N) is 1. The maximum absolute atomic E-state index is 6.40. The topological polar surface area (TPSA) is 39.1 Å². The summed E-state index contributed by atoms with van der Waals surface area (Å²) in [6.07, 6.45) is 8.89. The first kappa shape index (κ1) is 15.8. The molecule has 0 radical (unpaired) electrons. The largest absolute Gasteiger partial charge is 0.376 e. The van der Waals surface area contributed by atoms with Crippen LogP contribution in [0.3, 0.4) is 0 Å². The zero-order valence-electron chi connectivity index (χ0n) is 12.8. The lowest BCUT2D eigenvalue weighted by molar-refractivity contribution is -0.0542. The second-order valence-electron chi connectivity index (χ2n) is 5.60. The molecule has 0 spiro atoms. The molecule has 4 nitrogen and oxygen atoms in total. The van der Waals surface area contributed by atoms with E-state index in [2.05, 4.69) is 17.3 Å². The molecule has 0 amide bonds. The number of methoxy groups -OCH3 is 1. The average Bonchev–Trinajstić information content (AvgIpc) is 2.69. The maximum Gasteiger partial charge on any atom is 0.0888 e. The van der Waals surface area contributed by atoms with Crippen LogP contribution in [-0.2, 0) is 11.3 Å². The molecule has 0 aliphatic heterocycles. The molecule has 20 heavy (non-hydrogen) atoms. The van der Waals surface area contributed by atoms with Gasteiger partial charge in [-0.05, 0) is 26.8 Å². The number of rotatable bonds is 5. The van der Waals surface area contributed by atoms with E-state index in [0.29, 0.717) is 0 Å². The van der Waals surface area contributed by atoms with Crippen molar-refractivity contribution in [2.45, 2.75) is 63.6 Å². The van der Waals surface area contributed by atoms with Gasteiger partial charge in [-0.25, -0.2) is 0 Å². The van der Waals surface area contributed by atoms with Crippen LogP contribution in [0.1, 0.15) is 57.2 Å². The third-order valence-electron chi connectivity index (χ3n) is 4.58. The number of aryl methyl sites for hydroxylation is 1. The SMILES string of the molecule is CCn1ncc(Cl)c1C(NC)C1(OC)CCCCCC1. The first-order valence-electron chi connectivity index (χ1n) is 7.62. The van der Waals surface area contributed by atoms with Gasteiger partial charge in [0.05, 0.1) is 28.6 Å². The molecule has 0 saturated heterocycles. The van der Waals surface area contributed by atoms with E-state index in [0.717, 1.165) is 30.1 Å². The molecule has 1 saturated carbocycles. The van der Waals surface area contributed by atoms with Gasteiger partial charge in [0.15, 0.2) is 0 Å². The van der Waals surface area contributed by atoms with E-state index >= 15 is 0 Å². The Labute approximate surface area is 126 Å². The van der Waals surface area contributed by atoms with E-state index in [9.17, 15) is 0 Å². The summed E-state index contributed by atoms with van der Waals surface area (Å²) in [4.78, 5) is 0.